The zero-order valence-corrected chi connectivity index (χ0v) is 23.8. The third-order valence-corrected chi connectivity index (χ3v) is 7.47. The number of benzene rings is 1. The molecule has 2 atom stereocenters. The molecule has 2 fully saturated rings. The van der Waals surface area contributed by atoms with Gasteiger partial charge in [-0.25, -0.2) is 9.59 Å². The summed E-state index contributed by atoms with van der Waals surface area (Å²) in [6.45, 7) is 9.96. The Labute approximate surface area is 235 Å². The Morgan fingerprint density at radius 1 is 1.05 bits per heavy atom. The van der Waals surface area contributed by atoms with Crippen molar-refractivity contribution in [1.82, 2.24) is 24.3 Å². The molecule has 2 saturated heterocycles. The molecule has 0 unspecified atom stereocenters. The normalized spacial score (nSPS) is 20.3. The molecule has 12 heteroatoms. The number of hydrogen-bond acceptors (Lipinski definition) is 7. The minimum Gasteiger partial charge on any atom is -0.338 e. The third kappa shape index (κ3) is 7.57. The lowest BCUT2D eigenvalue weighted by Crippen LogP contribution is -2.58. The largest absolute Gasteiger partial charge is 0.354 e. The summed E-state index contributed by atoms with van der Waals surface area (Å²) in [5.41, 5.74) is 12.6. The number of likely N-dealkylation sites (tertiary alicyclic amines) is 1. The highest BCUT2D eigenvalue weighted by molar-refractivity contribution is 5.89. The fourth-order valence-corrected chi connectivity index (χ4v) is 5.10. The Morgan fingerprint density at radius 2 is 1.69 bits per heavy atom. The van der Waals surface area contributed by atoms with Gasteiger partial charge < -0.3 is 21.3 Å². The maximum Gasteiger partial charge on any atom is 0.354 e. The van der Waals surface area contributed by atoms with Gasteiger partial charge in [0.1, 0.15) is 5.82 Å². The van der Waals surface area contributed by atoms with Crippen molar-refractivity contribution in [3.63, 3.8) is 0 Å². The molecule has 1 aromatic heterocycles. The number of nitrogens with one attached hydrogen (secondary N) is 1. The van der Waals surface area contributed by atoms with E-state index in [1.54, 1.807) is 35.9 Å². The van der Waals surface area contributed by atoms with E-state index in [2.05, 4.69) is 22.1 Å². The lowest BCUT2D eigenvalue weighted by Gasteiger charge is -2.37. The number of piperidine rings is 1. The molecule has 3 heterocycles. The van der Waals surface area contributed by atoms with Crippen LogP contribution in [-0.4, -0.2) is 87.0 Å². The second-order valence-electron chi connectivity index (χ2n) is 10.9. The van der Waals surface area contributed by atoms with Crippen LogP contribution >= 0.6 is 12.4 Å². The van der Waals surface area contributed by atoms with Gasteiger partial charge in [0.2, 0.25) is 5.91 Å². The van der Waals surface area contributed by atoms with Crippen molar-refractivity contribution < 1.29 is 9.59 Å². The van der Waals surface area contributed by atoms with Gasteiger partial charge in [-0.05, 0) is 56.5 Å². The van der Waals surface area contributed by atoms with Crippen LogP contribution in [0.25, 0.3) is 5.69 Å². The van der Waals surface area contributed by atoms with Crippen LogP contribution in [0.2, 0.25) is 0 Å². The van der Waals surface area contributed by atoms with Gasteiger partial charge in [-0.1, -0.05) is 25.5 Å². The SMILES string of the molecule is CC[C@@H]1CN(Cc2ccc(-n3ccc(NC(=O)N4CCN(C(=O)C(C)(C)N)CC4)nc3=O)cc2)CC[C@H]1N.Cl. The van der Waals surface area contributed by atoms with Gasteiger partial charge >= 0.3 is 11.7 Å². The molecule has 2 aliphatic rings. The first kappa shape index (κ1) is 30.6. The molecule has 214 valence electrons. The molecule has 0 aliphatic carbocycles. The maximum absolute atomic E-state index is 12.7. The van der Waals surface area contributed by atoms with Crippen molar-refractivity contribution in [3.8, 4) is 5.69 Å². The number of urea groups is 1. The minimum absolute atomic E-state index is 0. The Morgan fingerprint density at radius 3 is 2.28 bits per heavy atom. The van der Waals surface area contributed by atoms with Gasteiger partial charge in [0, 0.05) is 51.5 Å². The first-order valence-corrected chi connectivity index (χ1v) is 13.4. The van der Waals surface area contributed by atoms with Crippen LogP contribution in [0.3, 0.4) is 0 Å². The summed E-state index contributed by atoms with van der Waals surface area (Å²) in [5, 5.41) is 2.69. The molecule has 39 heavy (non-hydrogen) atoms. The molecule has 0 saturated carbocycles. The second-order valence-corrected chi connectivity index (χ2v) is 10.9. The topological polar surface area (TPSA) is 143 Å². The lowest BCUT2D eigenvalue weighted by molar-refractivity contribution is -0.137. The van der Waals surface area contributed by atoms with Crippen LogP contribution in [0.4, 0.5) is 10.6 Å². The number of amides is 3. The van der Waals surface area contributed by atoms with Crippen molar-refractivity contribution in [2.75, 3.05) is 44.6 Å². The molecule has 1 aromatic carbocycles. The first-order valence-electron chi connectivity index (χ1n) is 13.4. The standard InChI is InChI=1S/C27H40N8O3.ClH/c1-4-20-18-32(11-9-22(20)28)17-19-5-7-21(8-6-19)35-12-10-23(31-26(35)38)30-25(37)34-15-13-33(14-16-34)24(36)27(2,3)29;/h5-8,10,12,20,22H,4,9,11,13-18,28-29H2,1-3H3,(H,30,31,37,38);1H/t20-,22-;/m1./s1. The lowest BCUT2D eigenvalue weighted by atomic mass is 9.90. The summed E-state index contributed by atoms with van der Waals surface area (Å²) < 4.78 is 1.45. The molecular formula is C27H41ClN8O3. The predicted octanol–water partition coefficient (Wildman–Crippen LogP) is 1.63. The molecule has 3 amide bonds. The Kier molecular flexibility index (Phi) is 10.1. The van der Waals surface area contributed by atoms with E-state index >= 15 is 0 Å². The van der Waals surface area contributed by atoms with Crippen LogP contribution in [0.15, 0.2) is 41.3 Å². The predicted molar refractivity (Wildman–Crippen MR) is 154 cm³/mol. The fraction of sp³-hybridized carbons (Fsp3) is 0.556. The monoisotopic (exact) mass is 560 g/mol. The average molecular weight is 561 g/mol. The number of rotatable bonds is 6. The first-order chi connectivity index (χ1) is 18.0. The smallest absolute Gasteiger partial charge is 0.338 e. The van der Waals surface area contributed by atoms with Crippen molar-refractivity contribution in [1.29, 1.82) is 0 Å². The molecule has 2 aliphatic heterocycles. The molecule has 0 spiro atoms. The van der Waals surface area contributed by atoms with E-state index in [1.807, 2.05) is 24.3 Å². The number of nitrogens with zero attached hydrogens (tertiary/aromatic N) is 5. The number of aromatic nitrogens is 2. The van der Waals surface area contributed by atoms with E-state index < -0.39 is 11.2 Å². The van der Waals surface area contributed by atoms with Gasteiger partial charge in [-0.15, -0.1) is 12.4 Å². The van der Waals surface area contributed by atoms with Crippen molar-refractivity contribution in [3.05, 3.63) is 52.6 Å². The van der Waals surface area contributed by atoms with Crippen molar-refractivity contribution in [2.24, 2.45) is 17.4 Å². The minimum atomic E-state index is -0.946. The van der Waals surface area contributed by atoms with Crippen molar-refractivity contribution in [2.45, 2.75) is 51.7 Å². The average Bonchev–Trinajstić information content (AvgIpc) is 2.89. The quantitative estimate of drug-likeness (QED) is 0.487. The third-order valence-electron chi connectivity index (χ3n) is 7.47. The second kappa shape index (κ2) is 12.9. The summed E-state index contributed by atoms with van der Waals surface area (Å²) in [6.07, 6.45) is 3.72. The summed E-state index contributed by atoms with van der Waals surface area (Å²) in [4.78, 5) is 47.5. The molecule has 5 N–H and O–H groups in total. The van der Waals surface area contributed by atoms with Crippen LogP contribution in [0, 0.1) is 5.92 Å². The Balaban J connectivity index is 0.00000420. The molecule has 11 nitrogen and oxygen atoms in total. The number of halogens is 1. The van der Waals surface area contributed by atoms with Gasteiger partial charge in [-0.2, -0.15) is 4.98 Å². The summed E-state index contributed by atoms with van der Waals surface area (Å²) in [6, 6.07) is 9.41. The molecular weight excluding hydrogens is 520 g/mol. The number of carbonyl (C=O) groups is 2. The summed E-state index contributed by atoms with van der Waals surface area (Å²) in [5.74, 6) is 0.574. The number of piperazine rings is 1. The zero-order chi connectivity index (χ0) is 27.4. The van der Waals surface area contributed by atoms with E-state index in [-0.39, 0.29) is 36.2 Å². The fourth-order valence-electron chi connectivity index (χ4n) is 5.10. The molecule has 4 rings (SSSR count). The van der Waals surface area contributed by atoms with Gasteiger partial charge in [0.15, 0.2) is 0 Å². The molecule has 2 aromatic rings. The number of anilines is 1. The summed E-state index contributed by atoms with van der Waals surface area (Å²) >= 11 is 0. The van der Waals surface area contributed by atoms with Crippen LogP contribution in [-0.2, 0) is 11.3 Å². The highest BCUT2D eigenvalue weighted by Crippen LogP contribution is 2.21. The molecule has 0 radical (unpaired) electrons. The van der Waals surface area contributed by atoms with E-state index in [0.717, 1.165) is 32.5 Å². The van der Waals surface area contributed by atoms with E-state index in [4.69, 9.17) is 11.5 Å². The highest BCUT2D eigenvalue weighted by Gasteiger charge is 2.31. The maximum atomic E-state index is 12.7. The van der Waals surface area contributed by atoms with Gasteiger partial charge in [-0.3, -0.25) is 19.6 Å². The van der Waals surface area contributed by atoms with E-state index in [0.29, 0.717) is 37.8 Å². The Bertz CT molecular complexity index is 1190. The number of nitrogens with two attached hydrogens (primary N) is 2. The zero-order valence-electron chi connectivity index (χ0n) is 23.0. The van der Waals surface area contributed by atoms with Crippen molar-refractivity contribution >= 4 is 30.2 Å². The summed E-state index contributed by atoms with van der Waals surface area (Å²) in [7, 11) is 0. The molecule has 0 bridgehead atoms. The van der Waals surface area contributed by atoms with Gasteiger partial charge in [0.05, 0.1) is 11.2 Å². The van der Waals surface area contributed by atoms with E-state index in [9.17, 15) is 14.4 Å². The van der Waals surface area contributed by atoms with Crippen LogP contribution < -0.4 is 22.5 Å². The van der Waals surface area contributed by atoms with Gasteiger partial charge in [0.25, 0.3) is 0 Å². The van der Waals surface area contributed by atoms with E-state index in [1.165, 1.54) is 10.1 Å². The number of carbonyl (C=O) groups excluding carboxylic acids is 2. The Hall–Kier alpha value is -2.99. The van der Waals surface area contributed by atoms with Crippen LogP contribution in [0.1, 0.15) is 39.2 Å². The van der Waals surface area contributed by atoms with Crippen LogP contribution in [0.5, 0.6) is 0 Å². The highest BCUT2D eigenvalue weighted by atomic mass is 35.5. The number of hydrogen-bond donors (Lipinski definition) is 3.